The molecule has 0 saturated carbocycles. The van der Waals surface area contributed by atoms with Gasteiger partial charge in [0.25, 0.3) is 0 Å². The van der Waals surface area contributed by atoms with E-state index in [1.807, 2.05) is 36.5 Å². The Morgan fingerprint density at radius 3 is 2.65 bits per heavy atom. The van der Waals surface area contributed by atoms with Gasteiger partial charge < -0.3 is 9.30 Å². The molecular formula is C20H19N5O. The van der Waals surface area contributed by atoms with Gasteiger partial charge in [0, 0.05) is 22.7 Å². The first kappa shape index (κ1) is 16.1. The molecule has 2 heterocycles. The topological polar surface area (TPSA) is 57.2 Å². The zero-order valence-electron chi connectivity index (χ0n) is 14.5. The van der Waals surface area contributed by atoms with Gasteiger partial charge >= 0.3 is 0 Å². The largest absolute Gasteiger partial charge is 0.491 e. The summed E-state index contributed by atoms with van der Waals surface area (Å²) in [6.45, 7) is 3.42. The highest BCUT2D eigenvalue weighted by atomic mass is 16.5. The van der Waals surface area contributed by atoms with Crippen LogP contribution >= 0.6 is 0 Å². The van der Waals surface area contributed by atoms with Gasteiger partial charge in [0.15, 0.2) is 0 Å². The quantitative estimate of drug-likeness (QED) is 0.503. The summed E-state index contributed by atoms with van der Waals surface area (Å²) >= 11 is 0. The minimum absolute atomic E-state index is 0.603. The van der Waals surface area contributed by atoms with Crippen LogP contribution in [0.1, 0.15) is 11.1 Å². The third kappa shape index (κ3) is 3.35. The summed E-state index contributed by atoms with van der Waals surface area (Å²) in [6.07, 6.45) is 7.04. The van der Waals surface area contributed by atoms with E-state index in [1.54, 1.807) is 17.3 Å². The van der Waals surface area contributed by atoms with E-state index >= 15 is 0 Å². The van der Waals surface area contributed by atoms with Crippen molar-refractivity contribution in [2.75, 3.05) is 6.61 Å². The molecule has 6 heteroatoms. The molecule has 0 saturated heterocycles. The summed E-state index contributed by atoms with van der Waals surface area (Å²) in [5, 5.41) is 13.0. The van der Waals surface area contributed by atoms with Crippen molar-refractivity contribution in [3.05, 3.63) is 78.5 Å². The van der Waals surface area contributed by atoms with Crippen molar-refractivity contribution >= 4 is 17.1 Å². The van der Waals surface area contributed by atoms with Gasteiger partial charge in [-0.2, -0.15) is 5.10 Å². The molecule has 0 atom stereocenters. The molecule has 26 heavy (non-hydrogen) atoms. The number of ether oxygens (including phenoxy) is 1. The van der Waals surface area contributed by atoms with E-state index in [2.05, 4.69) is 51.2 Å². The molecule has 0 spiro atoms. The van der Waals surface area contributed by atoms with Gasteiger partial charge in [0.1, 0.15) is 25.0 Å². The Kier molecular flexibility index (Phi) is 4.47. The number of hydrogen-bond acceptors (Lipinski definition) is 4. The Hall–Kier alpha value is -3.41. The van der Waals surface area contributed by atoms with Crippen LogP contribution in [0.2, 0.25) is 0 Å². The maximum absolute atomic E-state index is 5.94. The van der Waals surface area contributed by atoms with Crippen molar-refractivity contribution in [3.63, 3.8) is 0 Å². The van der Waals surface area contributed by atoms with E-state index < -0.39 is 0 Å². The lowest BCUT2D eigenvalue weighted by molar-refractivity contribution is 0.298. The van der Waals surface area contributed by atoms with Crippen molar-refractivity contribution in [2.45, 2.75) is 13.5 Å². The molecule has 130 valence electrons. The number of hydrogen-bond donors (Lipinski definition) is 0. The van der Waals surface area contributed by atoms with Crippen LogP contribution in [0.5, 0.6) is 5.75 Å². The third-order valence-corrected chi connectivity index (χ3v) is 4.24. The molecule has 0 aliphatic carbocycles. The minimum Gasteiger partial charge on any atom is -0.491 e. The van der Waals surface area contributed by atoms with Crippen molar-refractivity contribution < 1.29 is 4.74 Å². The first-order valence-corrected chi connectivity index (χ1v) is 8.46. The molecule has 0 radical (unpaired) electrons. The number of rotatable bonds is 6. The summed E-state index contributed by atoms with van der Waals surface area (Å²) in [7, 11) is 0. The molecule has 0 amide bonds. The maximum atomic E-state index is 5.94. The lowest BCUT2D eigenvalue weighted by atomic mass is 10.2. The molecule has 0 aliphatic heterocycles. The fourth-order valence-corrected chi connectivity index (χ4v) is 2.92. The van der Waals surface area contributed by atoms with Crippen LogP contribution < -0.4 is 4.74 Å². The summed E-state index contributed by atoms with van der Waals surface area (Å²) in [5.41, 5.74) is 3.35. The lowest BCUT2D eigenvalue weighted by Gasteiger charge is -2.10. The molecule has 0 aliphatic rings. The predicted molar refractivity (Wildman–Crippen MR) is 102 cm³/mol. The second-order valence-corrected chi connectivity index (χ2v) is 6.00. The van der Waals surface area contributed by atoms with Gasteiger partial charge in [-0.1, -0.05) is 36.4 Å². The molecule has 0 unspecified atom stereocenters. The Bertz CT molecular complexity index is 1030. The van der Waals surface area contributed by atoms with Crippen molar-refractivity contribution in [2.24, 2.45) is 5.10 Å². The summed E-state index contributed by atoms with van der Waals surface area (Å²) in [5.74, 6) is 0.929. The van der Waals surface area contributed by atoms with Gasteiger partial charge in [0.05, 0.1) is 12.8 Å². The van der Waals surface area contributed by atoms with Gasteiger partial charge in [-0.15, -0.1) is 10.2 Å². The first-order chi connectivity index (χ1) is 12.8. The first-order valence-electron chi connectivity index (χ1n) is 8.46. The number of aryl methyl sites for hydroxylation is 1. The van der Waals surface area contributed by atoms with E-state index in [4.69, 9.17) is 4.74 Å². The number of para-hydroxylation sites is 2. The molecule has 0 N–H and O–H groups in total. The van der Waals surface area contributed by atoms with E-state index in [0.717, 1.165) is 34.3 Å². The minimum atomic E-state index is 0.603. The number of nitrogens with zero attached hydrogens (tertiary/aromatic N) is 5. The molecule has 4 rings (SSSR count). The van der Waals surface area contributed by atoms with Crippen LogP contribution in [0.3, 0.4) is 0 Å². The number of fused-ring (bicyclic) bond motifs is 1. The van der Waals surface area contributed by atoms with Gasteiger partial charge in [-0.3, -0.25) is 0 Å². The van der Waals surface area contributed by atoms with Gasteiger partial charge in [0.2, 0.25) is 0 Å². The average molecular weight is 345 g/mol. The Morgan fingerprint density at radius 1 is 1.04 bits per heavy atom. The lowest BCUT2D eigenvalue weighted by Crippen LogP contribution is -2.07. The summed E-state index contributed by atoms with van der Waals surface area (Å²) < 4.78 is 9.71. The fraction of sp³-hybridized carbons (Fsp3) is 0.150. The second kappa shape index (κ2) is 7.23. The molecule has 2 aromatic carbocycles. The van der Waals surface area contributed by atoms with Crippen LogP contribution in [0, 0.1) is 6.92 Å². The molecule has 0 fully saturated rings. The van der Waals surface area contributed by atoms with Crippen LogP contribution in [0.15, 0.2) is 72.5 Å². The fourth-order valence-electron chi connectivity index (χ4n) is 2.92. The SMILES string of the molecule is Cc1ccccc1OCCn1cc(/C=N/n2cnnc2)c2ccccc21. The van der Waals surface area contributed by atoms with E-state index in [9.17, 15) is 0 Å². The van der Waals surface area contributed by atoms with Crippen LogP contribution in [-0.2, 0) is 6.54 Å². The predicted octanol–water partition coefficient (Wildman–Crippen LogP) is 3.50. The van der Waals surface area contributed by atoms with Gasteiger partial charge in [-0.05, 0) is 24.6 Å². The highest BCUT2D eigenvalue weighted by Gasteiger charge is 2.07. The maximum Gasteiger partial charge on any atom is 0.141 e. The van der Waals surface area contributed by atoms with Crippen molar-refractivity contribution in [1.82, 2.24) is 19.4 Å². The zero-order valence-corrected chi connectivity index (χ0v) is 14.5. The Balaban J connectivity index is 1.54. The van der Waals surface area contributed by atoms with Crippen LogP contribution in [0.4, 0.5) is 0 Å². The molecular weight excluding hydrogens is 326 g/mol. The van der Waals surface area contributed by atoms with E-state index in [-0.39, 0.29) is 0 Å². The highest BCUT2D eigenvalue weighted by Crippen LogP contribution is 2.21. The monoisotopic (exact) mass is 345 g/mol. The van der Waals surface area contributed by atoms with Crippen LogP contribution in [0.25, 0.3) is 10.9 Å². The summed E-state index contributed by atoms with van der Waals surface area (Å²) in [4.78, 5) is 0. The number of benzene rings is 2. The summed E-state index contributed by atoms with van der Waals surface area (Å²) in [6, 6.07) is 16.4. The van der Waals surface area contributed by atoms with E-state index in [0.29, 0.717) is 6.61 Å². The van der Waals surface area contributed by atoms with Crippen LogP contribution in [-0.4, -0.2) is 32.3 Å². The standard InChI is InChI=1S/C20H19N5O/c1-16-6-2-5-9-20(16)26-11-10-24-13-17(12-23-25-14-21-22-15-25)18-7-3-4-8-19(18)24/h2-9,12-15H,10-11H2,1H3/b23-12+. The molecule has 4 aromatic rings. The Morgan fingerprint density at radius 2 is 1.81 bits per heavy atom. The highest BCUT2D eigenvalue weighted by molar-refractivity contribution is 5.99. The Labute approximate surface area is 151 Å². The van der Waals surface area contributed by atoms with E-state index in [1.165, 1.54) is 0 Å². The molecule has 6 nitrogen and oxygen atoms in total. The molecule has 2 aromatic heterocycles. The van der Waals surface area contributed by atoms with Crippen molar-refractivity contribution in [3.8, 4) is 5.75 Å². The number of aromatic nitrogens is 4. The normalized spacial score (nSPS) is 11.4. The average Bonchev–Trinajstić information content (AvgIpc) is 3.30. The van der Waals surface area contributed by atoms with Gasteiger partial charge in [-0.25, -0.2) is 4.68 Å². The zero-order chi connectivity index (χ0) is 17.8. The van der Waals surface area contributed by atoms with Crippen molar-refractivity contribution in [1.29, 1.82) is 0 Å². The third-order valence-electron chi connectivity index (χ3n) is 4.24. The molecule has 0 bridgehead atoms. The smallest absolute Gasteiger partial charge is 0.141 e. The second-order valence-electron chi connectivity index (χ2n) is 6.00.